The lowest BCUT2D eigenvalue weighted by Gasteiger charge is -2.11. The van der Waals surface area contributed by atoms with Crippen LogP contribution in [-0.2, 0) is 15.8 Å². The van der Waals surface area contributed by atoms with Crippen molar-refractivity contribution < 1.29 is 22.7 Å². The minimum atomic E-state index is -4.34. The van der Waals surface area contributed by atoms with Crippen molar-refractivity contribution in [2.24, 2.45) is 5.16 Å². The van der Waals surface area contributed by atoms with Crippen LogP contribution in [0.2, 0.25) is 0 Å². The lowest BCUT2D eigenvalue weighted by atomic mass is 10.0. The van der Waals surface area contributed by atoms with Gasteiger partial charge in [0.15, 0.2) is 0 Å². The standard InChI is InChI=1S/C18H27F3N2O2/c1-14(2)22-11-13-25-23-17(6-4-5-12-24-3)15-7-9-16(10-8-15)18(19,20)21/h7-10,14,22H,4-6,11-13H2,1-3H3/b23-17-. The molecule has 7 heteroatoms. The molecule has 0 aromatic heterocycles. The molecule has 0 amide bonds. The summed E-state index contributed by atoms with van der Waals surface area (Å²) in [5.74, 6) is 0. The van der Waals surface area contributed by atoms with E-state index in [0.717, 1.165) is 25.0 Å². The molecule has 1 rings (SSSR count). The Bertz CT molecular complexity index is 514. The molecule has 4 nitrogen and oxygen atoms in total. The van der Waals surface area contributed by atoms with Gasteiger partial charge in [-0.1, -0.05) is 31.1 Å². The van der Waals surface area contributed by atoms with Crippen LogP contribution in [0.5, 0.6) is 0 Å². The van der Waals surface area contributed by atoms with Crippen molar-refractivity contribution in [3.05, 3.63) is 35.4 Å². The zero-order valence-corrected chi connectivity index (χ0v) is 15.0. The molecule has 0 atom stereocenters. The summed E-state index contributed by atoms with van der Waals surface area (Å²) >= 11 is 0. The average Bonchev–Trinajstić information content (AvgIpc) is 2.55. The molecule has 0 aliphatic rings. The molecule has 0 saturated heterocycles. The number of alkyl halides is 3. The topological polar surface area (TPSA) is 42.9 Å². The largest absolute Gasteiger partial charge is 0.416 e. The fourth-order valence-corrected chi connectivity index (χ4v) is 2.15. The predicted octanol–water partition coefficient (Wildman–Crippen LogP) is 4.24. The van der Waals surface area contributed by atoms with Crippen LogP contribution in [0.1, 0.15) is 44.2 Å². The van der Waals surface area contributed by atoms with Crippen LogP contribution in [0.15, 0.2) is 29.4 Å². The van der Waals surface area contributed by atoms with Gasteiger partial charge >= 0.3 is 6.18 Å². The molecule has 0 radical (unpaired) electrons. The molecule has 0 heterocycles. The fourth-order valence-electron chi connectivity index (χ4n) is 2.15. The quantitative estimate of drug-likeness (QED) is 0.365. The lowest BCUT2D eigenvalue weighted by Crippen LogP contribution is -2.26. The number of nitrogens with one attached hydrogen (secondary N) is 1. The van der Waals surface area contributed by atoms with Crippen LogP contribution in [-0.4, -0.2) is 38.6 Å². The van der Waals surface area contributed by atoms with E-state index in [2.05, 4.69) is 10.5 Å². The van der Waals surface area contributed by atoms with Crippen molar-refractivity contribution in [1.82, 2.24) is 5.32 Å². The molecule has 142 valence electrons. The summed E-state index contributed by atoms with van der Waals surface area (Å²) in [6.45, 7) is 5.77. The Morgan fingerprint density at radius 2 is 1.80 bits per heavy atom. The second-order valence-electron chi connectivity index (χ2n) is 6.01. The number of methoxy groups -OCH3 is 1. The fraction of sp³-hybridized carbons (Fsp3) is 0.611. The van der Waals surface area contributed by atoms with Gasteiger partial charge in [-0.2, -0.15) is 13.2 Å². The molecule has 0 fully saturated rings. The number of hydrogen-bond acceptors (Lipinski definition) is 4. The minimum absolute atomic E-state index is 0.357. The first-order chi connectivity index (χ1) is 11.8. The molecule has 1 aromatic carbocycles. The van der Waals surface area contributed by atoms with Crippen molar-refractivity contribution in [3.8, 4) is 0 Å². The highest BCUT2D eigenvalue weighted by Crippen LogP contribution is 2.29. The molecule has 0 saturated carbocycles. The summed E-state index contributed by atoms with van der Waals surface area (Å²) in [5, 5.41) is 7.34. The maximum absolute atomic E-state index is 12.7. The van der Waals surface area contributed by atoms with E-state index in [1.54, 1.807) is 7.11 Å². The number of rotatable bonds is 11. The summed E-state index contributed by atoms with van der Waals surface area (Å²) in [6, 6.07) is 5.37. The van der Waals surface area contributed by atoms with Gasteiger partial charge in [-0.05, 0) is 37.0 Å². The molecule has 1 N–H and O–H groups in total. The van der Waals surface area contributed by atoms with Gasteiger partial charge in [-0.25, -0.2) is 0 Å². The Morgan fingerprint density at radius 3 is 2.36 bits per heavy atom. The van der Waals surface area contributed by atoms with Crippen molar-refractivity contribution in [2.45, 2.75) is 45.3 Å². The van der Waals surface area contributed by atoms with Crippen molar-refractivity contribution >= 4 is 5.71 Å². The van der Waals surface area contributed by atoms with E-state index in [1.807, 2.05) is 13.8 Å². The Kier molecular flexibility index (Phi) is 9.52. The highest BCUT2D eigenvalue weighted by molar-refractivity contribution is 6.00. The zero-order valence-electron chi connectivity index (χ0n) is 15.0. The second-order valence-corrected chi connectivity index (χ2v) is 6.01. The van der Waals surface area contributed by atoms with Crippen molar-refractivity contribution in [2.75, 3.05) is 26.9 Å². The first-order valence-electron chi connectivity index (χ1n) is 8.43. The number of ether oxygens (including phenoxy) is 1. The van der Waals surface area contributed by atoms with E-state index < -0.39 is 11.7 Å². The van der Waals surface area contributed by atoms with Gasteiger partial charge in [-0.15, -0.1) is 0 Å². The van der Waals surface area contributed by atoms with Gasteiger partial charge in [0.25, 0.3) is 0 Å². The van der Waals surface area contributed by atoms with Crippen LogP contribution in [0.3, 0.4) is 0 Å². The third-order valence-electron chi connectivity index (χ3n) is 3.48. The summed E-state index contributed by atoms with van der Waals surface area (Å²) in [4.78, 5) is 5.33. The van der Waals surface area contributed by atoms with Crippen molar-refractivity contribution in [3.63, 3.8) is 0 Å². The SMILES string of the molecule is COCCCC/C(=N/OCCNC(C)C)c1ccc(C(F)(F)F)cc1. The maximum atomic E-state index is 12.7. The highest BCUT2D eigenvalue weighted by atomic mass is 19.4. The van der Waals surface area contributed by atoms with Gasteiger partial charge in [0.1, 0.15) is 6.61 Å². The molecule has 0 bridgehead atoms. The van der Waals surface area contributed by atoms with E-state index in [4.69, 9.17) is 9.57 Å². The average molecular weight is 360 g/mol. The van der Waals surface area contributed by atoms with Crippen LogP contribution in [0.25, 0.3) is 0 Å². The molecule has 1 aromatic rings. The Morgan fingerprint density at radius 1 is 1.12 bits per heavy atom. The highest BCUT2D eigenvalue weighted by Gasteiger charge is 2.30. The normalized spacial score (nSPS) is 12.7. The van der Waals surface area contributed by atoms with Crippen LogP contribution >= 0.6 is 0 Å². The van der Waals surface area contributed by atoms with Gasteiger partial charge in [0.2, 0.25) is 0 Å². The third-order valence-corrected chi connectivity index (χ3v) is 3.48. The number of unbranched alkanes of at least 4 members (excludes halogenated alkanes) is 1. The Balaban J connectivity index is 2.72. The van der Waals surface area contributed by atoms with E-state index in [-0.39, 0.29) is 0 Å². The van der Waals surface area contributed by atoms with Gasteiger partial charge < -0.3 is 14.9 Å². The summed E-state index contributed by atoms with van der Waals surface area (Å²) in [7, 11) is 1.63. The number of oxime groups is 1. The molecule has 0 aliphatic heterocycles. The minimum Gasteiger partial charge on any atom is -0.394 e. The second kappa shape index (κ2) is 11.1. The monoisotopic (exact) mass is 360 g/mol. The molecule has 0 aliphatic carbocycles. The molecule has 0 unspecified atom stereocenters. The molecular formula is C18H27F3N2O2. The summed E-state index contributed by atoms with van der Waals surface area (Å²) < 4.78 is 43.1. The Hall–Kier alpha value is -1.60. The summed E-state index contributed by atoms with van der Waals surface area (Å²) in [5.41, 5.74) is 0.619. The first kappa shape index (κ1) is 21.4. The van der Waals surface area contributed by atoms with Gasteiger partial charge in [0.05, 0.1) is 11.3 Å². The zero-order chi connectivity index (χ0) is 18.7. The smallest absolute Gasteiger partial charge is 0.394 e. The van der Waals surface area contributed by atoms with Gasteiger partial charge in [-0.3, -0.25) is 0 Å². The lowest BCUT2D eigenvalue weighted by molar-refractivity contribution is -0.137. The van der Waals surface area contributed by atoms with E-state index in [0.29, 0.717) is 43.5 Å². The number of halogens is 3. The van der Waals surface area contributed by atoms with Crippen LogP contribution in [0, 0.1) is 0 Å². The Labute approximate surface area is 147 Å². The number of hydrogen-bond donors (Lipinski definition) is 1. The van der Waals surface area contributed by atoms with Crippen LogP contribution in [0.4, 0.5) is 13.2 Å². The van der Waals surface area contributed by atoms with E-state index in [1.165, 1.54) is 12.1 Å². The molecule has 0 spiro atoms. The van der Waals surface area contributed by atoms with Crippen molar-refractivity contribution in [1.29, 1.82) is 0 Å². The predicted molar refractivity (Wildman–Crippen MR) is 92.8 cm³/mol. The first-order valence-corrected chi connectivity index (χ1v) is 8.43. The summed E-state index contributed by atoms with van der Waals surface area (Å²) in [6.07, 6.45) is -2.05. The van der Waals surface area contributed by atoms with E-state index >= 15 is 0 Å². The van der Waals surface area contributed by atoms with Crippen LogP contribution < -0.4 is 5.32 Å². The molecular weight excluding hydrogens is 333 g/mol. The maximum Gasteiger partial charge on any atom is 0.416 e. The number of nitrogens with zero attached hydrogens (tertiary/aromatic N) is 1. The number of benzene rings is 1. The van der Waals surface area contributed by atoms with Gasteiger partial charge in [0, 0.05) is 26.3 Å². The third kappa shape index (κ3) is 8.88. The molecule has 25 heavy (non-hydrogen) atoms. The van der Waals surface area contributed by atoms with E-state index in [9.17, 15) is 13.2 Å².